The zero-order valence-electron chi connectivity index (χ0n) is 18.6. The van der Waals surface area contributed by atoms with Crippen molar-refractivity contribution in [1.29, 1.82) is 0 Å². The minimum absolute atomic E-state index is 0.561. The van der Waals surface area contributed by atoms with Crippen molar-refractivity contribution < 1.29 is 14.2 Å². The molecule has 0 amide bonds. The number of nitrogens with zero attached hydrogens (tertiary/aromatic N) is 4. The van der Waals surface area contributed by atoms with Crippen molar-refractivity contribution in [2.45, 2.75) is 6.54 Å². The second-order valence-corrected chi connectivity index (χ2v) is 7.40. The van der Waals surface area contributed by atoms with Gasteiger partial charge in [0.1, 0.15) is 5.75 Å². The van der Waals surface area contributed by atoms with Gasteiger partial charge in [0.05, 0.1) is 26.8 Å². The molecular formula is C25H23N5O3. The third kappa shape index (κ3) is 3.87. The van der Waals surface area contributed by atoms with Gasteiger partial charge in [-0.15, -0.1) is 5.10 Å². The minimum Gasteiger partial charge on any atom is -0.497 e. The zero-order chi connectivity index (χ0) is 22.8. The van der Waals surface area contributed by atoms with Crippen LogP contribution in [0.5, 0.6) is 17.2 Å². The molecule has 0 aliphatic carbocycles. The Morgan fingerprint density at radius 3 is 2.24 bits per heavy atom. The van der Waals surface area contributed by atoms with Gasteiger partial charge in [0, 0.05) is 23.6 Å². The van der Waals surface area contributed by atoms with Gasteiger partial charge in [-0.25, -0.2) is 9.97 Å². The topological polar surface area (TPSA) is 82.8 Å². The molecular weight excluding hydrogens is 418 g/mol. The molecule has 5 rings (SSSR count). The summed E-state index contributed by atoms with van der Waals surface area (Å²) in [5.41, 5.74) is 3.42. The Balaban J connectivity index is 1.64. The highest BCUT2D eigenvalue weighted by atomic mass is 16.5. The monoisotopic (exact) mass is 441 g/mol. The molecule has 0 aliphatic rings. The largest absolute Gasteiger partial charge is 0.497 e. The Bertz CT molecular complexity index is 1420. The van der Waals surface area contributed by atoms with Crippen molar-refractivity contribution in [3.05, 3.63) is 72.3 Å². The van der Waals surface area contributed by atoms with E-state index in [1.165, 1.54) is 0 Å². The molecule has 33 heavy (non-hydrogen) atoms. The van der Waals surface area contributed by atoms with E-state index in [1.54, 1.807) is 25.8 Å². The maximum absolute atomic E-state index is 5.50. The summed E-state index contributed by atoms with van der Waals surface area (Å²) in [7, 11) is 4.87. The van der Waals surface area contributed by atoms with Crippen LogP contribution in [0.25, 0.3) is 27.9 Å². The molecule has 0 radical (unpaired) electrons. The highest BCUT2D eigenvalue weighted by Crippen LogP contribution is 2.34. The SMILES string of the molecule is COc1ccc(CNc2nc3cc(OC)c(OC)cc3c3nc(-c4ccccc4)nn23)cc1. The van der Waals surface area contributed by atoms with Crippen molar-refractivity contribution in [2.75, 3.05) is 26.6 Å². The minimum atomic E-state index is 0.561. The van der Waals surface area contributed by atoms with Crippen LogP contribution in [0.4, 0.5) is 5.95 Å². The summed E-state index contributed by atoms with van der Waals surface area (Å²) < 4.78 is 18.0. The third-order valence-electron chi connectivity index (χ3n) is 5.42. The summed E-state index contributed by atoms with van der Waals surface area (Å²) in [4.78, 5) is 9.67. The van der Waals surface area contributed by atoms with E-state index < -0.39 is 0 Å². The van der Waals surface area contributed by atoms with E-state index in [0.29, 0.717) is 35.5 Å². The normalized spacial score (nSPS) is 11.0. The number of benzene rings is 3. The Morgan fingerprint density at radius 2 is 1.55 bits per heavy atom. The van der Waals surface area contributed by atoms with E-state index in [0.717, 1.165) is 27.8 Å². The molecule has 5 aromatic rings. The fraction of sp³-hybridized carbons (Fsp3) is 0.160. The van der Waals surface area contributed by atoms with Crippen molar-refractivity contribution in [3.63, 3.8) is 0 Å². The lowest BCUT2D eigenvalue weighted by molar-refractivity contribution is 0.356. The Hall–Kier alpha value is -4.33. The average molecular weight is 441 g/mol. The highest BCUT2D eigenvalue weighted by Gasteiger charge is 2.17. The van der Waals surface area contributed by atoms with Gasteiger partial charge >= 0.3 is 0 Å². The molecule has 0 aliphatic heterocycles. The molecule has 0 spiro atoms. The van der Waals surface area contributed by atoms with Crippen LogP contribution >= 0.6 is 0 Å². The molecule has 2 aromatic heterocycles. The maximum Gasteiger partial charge on any atom is 0.226 e. The van der Waals surface area contributed by atoms with Crippen LogP contribution in [0.15, 0.2) is 66.7 Å². The first kappa shape index (κ1) is 20.6. The van der Waals surface area contributed by atoms with Gasteiger partial charge < -0.3 is 19.5 Å². The predicted octanol–water partition coefficient (Wildman–Crippen LogP) is 4.58. The molecule has 3 aromatic carbocycles. The highest BCUT2D eigenvalue weighted by molar-refractivity contribution is 5.95. The zero-order valence-corrected chi connectivity index (χ0v) is 18.6. The van der Waals surface area contributed by atoms with E-state index >= 15 is 0 Å². The molecule has 0 saturated carbocycles. The van der Waals surface area contributed by atoms with Gasteiger partial charge in [0.2, 0.25) is 5.95 Å². The van der Waals surface area contributed by atoms with Crippen molar-refractivity contribution in [2.24, 2.45) is 0 Å². The van der Waals surface area contributed by atoms with E-state index in [9.17, 15) is 0 Å². The summed E-state index contributed by atoms with van der Waals surface area (Å²) in [6.45, 7) is 0.561. The van der Waals surface area contributed by atoms with Crippen molar-refractivity contribution in [3.8, 4) is 28.6 Å². The summed E-state index contributed by atoms with van der Waals surface area (Å²) in [5.74, 6) is 3.22. The van der Waals surface area contributed by atoms with E-state index in [2.05, 4.69) is 5.32 Å². The maximum atomic E-state index is 5.50. The van der Waals surface area contributed by atoms with Gasteiger partial charge in [0.25, 0.3) is 0 Å². The lowest BCUT2D eigenvalue weighted by Gasteiger charge is -2.12. The molecule has 0 atom stereocenters. The second-order valence-electron chi connectivity index (χ2n) is 7.40. The fourth-order valence-electron chi connectivity index (χ4n) is 3.68. The molecule has 2 heterocycles. The number of nitrogens with one attached hydrogen (secondary N) is 1. The summed E-state index contributed by atoms with van der Waals surface area (Å²) >= 11 is 0. The quantitative estimate of drug-likeness (QED) is 0.396. The number of hydrogen-bond acceptors (Lipinski definition) is 7. The fourth-order valence-corrected chi connectivity index (χ4v) is 3.68. The second kappa shape index (κ2) is 8.66. The number of hydrogen-bond donors (Lipinski definition) is 1. The van der Waals surface area contributed by atoms with E-state index in [1.807, 2.05) is 66.7 Å². The van der Waals surface area contributed by atoms with Gasteiger partial charge in [0.15, 0.2) is 23.0 Å². The van der Waals surface area contributed by atoms with Crippen LogP contribution in [0.2, 0.25) is 0 Å². The van der Waals surface area contributed by atoms with Gasteiger partial charge in [-0.1, -0.05) is 42.5 Å². The first-order valence-corrected chi connectivity index (χ1v) is 10.4. The van der Waals surface area contributed by atoms with Crippen LogP contribution < -0.4 is 19.5 Å². The molecule has 0 saturated heterocycles. The van der Waals surface area contributed by atoms with E-state index in [4.69, 9.17) is 29.3 Å². The first-order chi connectivity index (χ1) is 16.2. The third-order valence-corrected chi connectivity index (χ3v) is 5.42. The smallest absolute Gasteiger partial charge is 0.226 e. The lowest BCUT2D eigenvalue weighted by atomic mass is 10.2. The van der Waals surface area contributed by atoms with Crippen LogP contribution in [0.3, 0.4) is 0 Å². The van der Waals surface area contributed by atoms with Crippen LogP contribution in [-0.2, 0) is 6.54 Å². The van der Waals surface area contributed by atoms with Crippen LogP contribution in [0.1, 0.15) is 5.56 Å². The molecule has 1 N–H and O–H groups in total. The van der Waals surface area contributed by atoms with Crippen molar-refractivity contribution in [1.82, 2.24) is 19.6 Å². The summed E-state index contributed by atoms with van der Waals surface area (Å²) in [6, 6.07) is 21.5. The number of rotatable bonds is 7. The number of ether oxygens (including phenoxy) is 3. The summed E-state index contributed by atoms with van der Waals surface area (Å²) in [5, 5.41) is 8.98. The number of fused-ring (bicyclic) bond motifs is 3. The molecule has 0 fully saturated rings. The number of aromatic nitrogens is 4. The van der Waals surface area contributed by atoms with Crippen LogP contribution in [0, 0.1) is 0 Å². The molecule has 8 nitrogen and oxygen atoms in total. The number of methoxy groups -OCH3 is 3. The average Bonchev–Trinajstić information content (AvgIpc) is 3.33. The molecule has 0 bridgehead atoms. The standard InChI is InChI=1S/C25H23N5O3/c1-31-18-11-9-16(10-12-18)15-26-25-27-20-14-22(33-3)21(32-2)13-19(20)24-28-23(29-30(24)25)17-7-5-4-6-8-17/h4-14H,15H2,1-3H3,(H,26,27). The van der Waals surface area contributed by atoms with Gasteiger partial charge in [-0.2, -0.15) is 4.52 Å². The summed E-state index contributed by atoms with van der Waals surface area (Å²) in [6.07, 6.45) is 0. The van der Waals surface area contributed by atoms with Gasteiger partial charge in [-0.05, 0) is 23.8 Å². The van der Waals surface area contributed by atoms with Gasteiger partial charge in [-0.3, -0.25) is 0 Å². The van der Waals surface area contributed by atoms with Crippen molar-refractivity contribution >= 4 is 22.5 Å². The Labute approximate surface area is 190 Å². The lowest BCUT2D eigenvalue weighted by Crippen LogP contribution is -2.08. The van der Waals surface area contributed by atoms with Crippen LogP contribution in [-0.4, -0.2) is 40.9 Å². The molecule has 0 unspecified atom stereocenters. The Morgan fingerprint density at radius 1 is 0.818 bits per heavy atom. The molecule has 166 valence electrons. The Kier molecular flexibility index (Phi) is 5.40. The number of anilines is 1. The van der Waals surface area contributed by atoms with E-state index in [-0.39, 0.29) is 0 Å². The molecule has 8 heteroatoms. The predicted molar refractivity (Wildman–Crippen MR) is 127 cm³/mol. The first-order valence-electron chi connectivity index (χ1n) is 10.4.